The lowest BCUT2D eigenvalue weighted by Crippen LogP contribution is -2.39. The molecule has 0 heterocycles. The lowest BCUT2D eigenvalue weighted by molar-refractivity contribution is -0.136. The van der Waals surface area contributed by atoms with Crippen LogP contribution in [-0.2, 0) is 9.59 Å². The van der Waals surface area contributed by atoms with E-state index >= 15 is 0 Å². The molecule has 2 amide bonds. The van der Waals surface area contributed by atoms with Crippen LogP contribution >= 0.6 is 11.6 Å². The monoisotopic (exact) mass is 318 g/mol. The van der Waals surface area contributed by atoms with Crippen molar-refractivity contribution in [2.24, 2.45) is 0 Å². The summed E-state index contributed by atoms with van der Waals surface area (Å²) >= 11 is 5.81. The Morgan fingerprint density at radius 3 is 2.41 bits per heavy atom. The van der Waals surface area contributed by atoms with E-state index in [0.29, 0.717) is 16.3 Å². The topological polar surface area (TPSA) is 78.4 Å². The van der Waals surface area contributed by atoms with E-state index in [9.17, 15) is 14.7 Å². The molecule has 2 aromatic rings. The minimum Gasteiger partial charge on any atom is -0.394 e. The summed E-state index contributed by atoms with van der Waals surface area (Å²) in [6.07, 6.45) is 0. The Bertz CT molecular complexity index is 661. The van der Waals surface area contributed by atoms with Crippen molar-refractivity contribution in [1.82, 2.24) is 5.32 Å². The molecule has 0 radical (unpaired) electrons. The predicted molar refractivity (Wildman–Crippen MR) is 84.5 cm³/mol. The Kier molecular flexibility index (Phi) is 5.52. The van der Waals surface area contributed by atoms with Gasteiger partial charge in [-0.05, 0) is 23.8 Å². The molecule has 1 unspecified atom stereocenters. The van der Waals surface area contributed by atoms with Crippen LogP contribution in [0, 0.1) is 0 Å². The summed E-state index contributed by atoms with van der Waals surface area (Å²) in [5.74, 6) is -1.65. The number of carbonyl (C=O) groups is 2. The second-order valence-corrected chi connectivity index (χ2v) is 5.02. The van der Waals surface area contributed by atoms with Gasteiger partial charge >= 0.3 is 11.8 Å². The molecule has 0 bridgehead atoms. The van der Waals surface area contributed by atoms with Crippen molar-refractivity contribution in [1.29, 1.82) is 0 Å². The highest BCUT2D eigenvalue weighted by atomic mass is 35.5. The Morgan fingerprint density at radius 1 is 1.05 bits per heavy atom. The molecular formula is C16H15ClN2O3. The molecular weight excluding hydrogens is 304 g/mol. The zero-order valence-corrected chi connectivity index (χ0v) is 12.4. The summed E-state index contributed by atoms with van der Waals surface area (Å²) < 4.78 is 0. The van der Waals surface area contributed by atoms with Crippen molar-refractivity contribution < 1.29 is 14.7 Å². The standard InChI is InChI=1S/C16H15ClN2O3/c17-12-7-4-8-13(9-12)18-15(21)16(22)19-14(10-20)11-5-2-1-3-6-11/h1-9,14,20H,10H2,(H,18,21)(H,19,22). The average molecular weight is 319 g/mol. The lowest BCUT2D eigenvalue weighted by Gasteiger charge is -2.16. The maximum atomic E-state index is 11.9. The molecule has 1 atom stereocenters. The molecule has 0 saturated heterocycles. The highest BCUT2D eigenvalue weighted by molar-refractivity contribution is 6.40. The van der Waals surface area contributed by atoms with Gasteiger partial charge in [-0.3, -0.25) is 9.59 Å². The largest absolute Gasteiger partial charge is 0.394 e. The number of benzene rings is 2. The summed E-state index contributed by atoms with van der Waals surface area (Å²) in [5.41, 5.74) is 1.14. The molecule has 0 aromatic heterocycles. The maximum Gasteiger partial charge on any atom is 0.313 e. The zero-order valence-electron chi connectivity index (χ0n) is 11.6. The molecule has 5 nitrogen and oxygen atoms in total. The van der Waals surface area contributed by atoms with Gasteiger partial charge in [-0.15, -0.1) is 0 Å². The van der Waals surface area contributed by atoms with Gasteiger partial charge in [0.15, 0.2) is 0 Å². The molecule has 0 spiro atoms. The SMILES string of the molecule is O=C(Nc1cccc(Cl)c1)C(=O)NC(CO)c1ccccc1. The van der Waals surface area contributed by atoms with Gasteiger partial charge in [-0.1, -0.05) is 48.0 Å². The van der Waals surface area contributed by atoms with E-state index in [1.807, 2.05) is 6.07 Å². The van der Waals surface area contributed by atoms with Crippen molar-refractivity contribution in [3.8, 4) is 0 Å². The maximum absolute atomic E-state index is 11.9. The van der Waals surface area contributed by atoms with Gasteiger partial charge in [-0.2, -0.15) is 0 Å². The van der Waals surface area contributed by atoms with Gasteiger partial charge < -0.3 is 15.7 Å². The first-order valence-electron chi connectivity index (χ1n) is 6.63. The highest BCUT2D eigenvalue weighted by Crippen LogP contribution is 2.15. The third kappa shape index (κ3) is 4.31. The van der Waals surface area contributed by atoms with Crippen LogP contribution in [0.5, 0.6) is 0 Å². The number of amides is 2. The Hall–Kier alpha value is -2.37. The smallest absolute Gasteiger partial charge is 0.313 e. The van der Waals surface area contributed by atoms with Gasteiger partial charge in [-0.25, -0.2) is 0 Å². The molecule has 0 saturated carbocycles. The lowest BCUT2D eigenvalue weighted by atomic mass is 10.1. The fourth-order valence-corrected chi connectivity index (χ4v) is 2.09. The van der Waals surface area contributed by atoms with E-state index in [2.05, 4.69) is 10.6 Å². The predicted octanol–water partition coefficient (Wildman–Crippen LogP) is 2.13. The van der Waals surface area contributed by atoms with E-state index in [1.54, 1.807) is 42.5 Å². The number of aliphatic hydroxyl groups is 1. The van der Waals surface area contributed by atoms with Crippen molar-refractivity contribution in [3.05, 3.63) is 65.2 Å². The molecule has 0 fully saturated rings. The highest BCUT2D eigenvalue weighted by Gasteiger charge is 2.19. The van der Waals surface area contributed by atoms with Gasteiger partial charge in [0, 0.05) is 10.7 Å². The number of carbonyl (C=O) groups excluding carboxylic acids is 2. The van der Waals surface area contributed by atoms with E-state index in [4.69, 9.17) is 11.6 Å². The number of aliphatic hydroxyl groups excluding tert-OH is 1. The van der Waals surface area contributed by atoms with Crippen LogP contribution in [0.1, 0.15) is 11.6 Å². The molecule has 0 aliphatic rings. The second kappa shape index (κ2) is 7.59. The van der Waals surface area contributed by atoms with E-state index in [0.717, 1.165) is 0 Å². The number of anilines is 1. The first-order chi connectivity index (χ1) is 10.6. The molecule has 22 heavy (non-hydrogen) atoms. The van der Waals surface area contributed by atoms with E-state index < -0.39 is 17.9 Å². The number of hydrogen-bond acceptors (Lipinski definition) is 3. The zero-order chi connectivity index (χ0) is 15.9. The molecule has 2 rings (SSSR count). The first kappa shape index (κ1) is 16.0. The van der Waals surface area contributed by atoms with E-state index in [1.165, 1.54) is 6.07 Å². The van der Waals surface area contributed by atoms with Crippen LogP contribution in [0.25, 0.3) is 0 Å². The third-order valence-electron chi connectivity index (χ3n) is 2.98. The van der Waals surface area contributed by atoms with Crippen LogP contribution in [0.3, 0.4) is 0 Å². The van der Waals surface area contributed by atoms with Crippen LogP contribution in [0.2, 0.25) is 5.02 Å². The Balaban J connectivity index is 2.00. The van der Waals surface area contributed by atoms with Gasteiger partial charge in [0.05, 0.1) is 12.6 Å². The Morgan fingerprint density at radius 2 is 1.77 bits per heavy atom. The molecule has 3 N–H and O–H groups in total. The minimum atomic E-state index is -0.831. The molecule has 6 heteroatoms. The van der Waals surface area contributed by atoms with Crippen LogP contribution < -0.4 is 10.6 Å². The fraction of sp³-hybridized carbons (Fsp3) is 0.125. The average Bonchev–Trinajstić information content (AvgIpc) is 2.53. The van der Waals surface area contributed by atoms with Crippen molar-refractivity contribution in [2.45, 2.75) is 6.04 Å². The Labute approximate surface area is 132 Å². The molecule has 114 valence electrons. The summed E-state index contributed by atoms with van der Waals surface area (Å²) in [5, 5.41) is 14.8. The van der Waals surface area contributed by atoms with E-state index in [-0.39, 0.29) is 6.61 Å². The van der Waals surface area contributed by atoms with Crippen LogP contribution in [0.4, 0.5) is 5.69 Å². The number of halogens is 1. The summed E-state index contributed by atoms with van der Waals surface area (Å²) in [4.78, 5) is 23.8. The van der Waals surface area contributed by atoms with Crippen molar-refractivity contribution in [3.63, 3.8) is 0 Å². The molecule has 2 aromatic carbocycles. The fourth-order valence-electron chi connectivity index (χ4n) is 1.90. The van der Waals surface area contributed by atoms with Gasteiger partial charge in [0.1, 0.15) is 0 Å². The quantitative estimate of drug-likeness (QED) is 0.756. The summed E-state index contributed by atoms with van der Waals surface area (Å²) in [7, 11) is 0. The van der Waals surface area contributed by atoms with Gasteiger partial charge in [0.2, 0.25) is 0 Å². The summed E-state index contributed by atoms with van der Waals surface area (Å²) in [6, 6.07) is 14.8. The van der Waals surface area contributed by atoms with Gasteiger partial charge in [0.25, 0.3) is 0 Å². The van der Waals surface area contributed by atoms with Crippen LogP contribution in [-0.4, -0.2) is 23.5 Å². The first-order valence-corrected chi connectivity index (χ1v) is 7.01. The van der Waals surface area contributed by atoms with Crippen molar-refractivity contribution >= 4 is 29.1 Å². The number of nitrogens with one attached hydrogen (secondary N) is 2. The number of hydrogen-bond donors (Lipinski definition) is 3. The summed E-state index contributed by atoms with van der Waals surface area (Å²) in [6.45, 7) is -0.305. The van der Waals surface area contributed by atoms with Crippen LogP contribution in [0.15, 0.2) is 54.6 Å². The second-order valence-electron chi connectivity index (χ2n) is 4.58. The molecule has 0 aliphatic heterocycles. The normalized spacial score (nSPS) is 11.5. The third-order valence-corrected chi connectivity index (χ3v) is 3.21. The number of rotatable bonds is 4. The molecule has 0 aliphatic carbocycles. The minimum absolute atomic E-state index is 0.305. The van der Waals surface area contributed by atoms with Crippen molar-refractivity contribution in [2.75, 3.05) is 11.9 Å².